The summed E-state index contributed by atoms with van der Waals surface area (Å²) in [4.78, 5) is 0. The van der Waals surface area contributed by atoms with E-state index < -0.39 is 0 Å². The van der Waals surface area contributed by atoms with E-state index in [1.807, 2.05) is 12.1 Å². The highest BCUT2D eigenvalue weighted by Gasteiger charge is 2.20. The van der Waals surface area contributed by atoms with Gasteiger partial charge in [-0.25, -0.2) is 0 Å². The number of rotatable bonds is 1. The smallest absolute Gasteiger partial charge is 0.123 e. The molecule has 0 bridgehead atoms. The summed E-state index contributed by atoms with van der Waals surface area (Å²) in [5.41, 5.74) is 3.24. The van der Waals surface area contributed by atoms with E-state index in [2.05, 4.69) is 47.0 Å². The topological polar surface area (TPSA) is 44.3 Å². The second-order valence-electron chi connectivity index (χ2n) is 5.03. The molecule has 1 aliphatic heterocycles. The molecule has 0 aliphatic carbocycles. The third-order valence-corrected chi connectivity index (χ3v) is 3.71. The van der Waals surface area contributed by atoms with Crippen molar-refractivity contribution in [3.05, 3.63) is 66.2 Å². The van der Waals surface area contributed by atoms with Gasteiger partial charge in [0.15, 0.2) is 0 Å². The largest absolute Gasteiger partial charge is 0.508 e. The number of hydrogen-bond acceptors (Lipinski definition) is 3. The molecule has 3 N–H and O–H groups in total. The first-order valence-corrected chi connectivity index (χ1v) is 6.65. The van der Waals surface area contributed by atoms with E-state index in [4.69, 9.17) is 0 Å². The Bertz CT molecular complexity index is 757. The van der Waals surface area contributed by atoms with Crippen LogP contribution < -0.4 is 10.6 Å². The molecule has 20 heavy (non-hydrogen) atoms. The van der Waals surface area contributed by atoms with Crippen LogP contribution in [-0.2, 0) is 0 Å². The van der Waals surface area contributed by atoms with E-state index in [-0.39, 0.29) is 11.9 Å². The Morgan fingerprint density at radius 2 is 1.45 bits per heavy atom. The minimum atomic E-state index is -0.0393. The summed E-state index contributed by atoms with van der Waals surface area (Å²) in [5, 5.41) is 19.0. The summed E-state index contributed by atoms with van der Waals surface area (Å²) in [6.45, 7) is 0. The first kappa shape index (κ1) is 11.2. The second kappa shape index (κ2) is 4.17. The Morgan fingerprint density at radius 3 is 2.10 bits per heavy atom. The predicted octanol–water partition coefficient (Wildman–Crippen LogP) is 4.08. The highest BCUT2D eigenvalue weighted by Crippen LogP contribution is 2.38. The molecule has 1 aliphatic rings. The highest BCUT2D eigenvalue weighted by molar-refractivity contribution is 6.04. The van der Waals surface area contributed by atoms with Gasteiger partial charge in [-0.15, -0.1) is 0 Å². The van der Waals surface area contributed by atoms with Gasteiger partial charge in [0.05, 0.1) is 0 Å². The van der Waals surface area contributed by atoms with E-state index in [0.717, 1.165) is 16.9 Å². The van der Waals surface area contributed by atoms with Crippen molar-refractivity contribution in [2.24, 2.45) is 0 Å². The molecule has 1 heterocycles. The molecule has 0 spiro atoms. The van der Waals surface area contributed by atoms with Gasteiger partial charge in [0.2, 0.25) is 0 Å². The molecular formula is C17H14N2O. The lowest BCUT2D eigenvalue weighted by Gasteiger charge is -2.29. The van der Waals surface area contributed by atoms with Crippen LogP contribution >= 0.6 is 0 Å². The second-order valence-corrected chi connectivity index (χ2v) is 5.03. The Morgan fingerprint density at radius 1 is 0.800 bits per heavy atom. The monoisotopic (exact) mass is 262 g/mol. The van der Waals surface area contributed by atoms with E-state index >= 15 is 0 Å². The summed E-state index contributed by atoms with van der Waals surface area (Å²) < 4.78 is 0. The zero-order valence-corrected chi connectivity index (χ0v) is 10.8. The maximum absolute atomic E-state index is 9.64. The molecule has 4 rings (SSSR count). The molecule has 0 saturated carbocycles. The number of nitrogens with one attached hydrogen (secondary N) is 2. The highest BCUT2D eigenvalue weighted by atomic mass is 16.3. The number of benzene rings is 3. The maximum atomic E-state index is 9.64. The number of hydrogen-bond donors (Lipinski definition) is 3. The van der Waals surface area contributed by atoms with Gasteiger partial charge in [-0.05, 0) is 35.2 Å². The zero-order valence-electron chi connectivity index (χ0n) is 10.8. The summed E-state index contributed by atoms with van der Waals surface area (Å²) in [7, 11) is 0. The van der Waals surface area contributed by atoms with Crippen molar-refractivity contribution in [3.63, 3.8) is 0 Å². The lowest BCUT2D eigenvalue weighted by molar-refractivity contribution is 0.474. The molecule has 0 fully saturated rings. The van der Waals surface area contributed by atoms with Gasteiger partial charge in [-0.2, -0.15) is 0 Å². The van der Waals surface area contributed by atoms with Crippen LogP contribution in [0.1, 0.15) is 11.7 Å². The van der Waals surface area contributed by atoms with Crippen molar-refractivity contribution < 1.29 is 5.11 Å². The number of phenolic OH excluding ortho intramolecular Hbond substituents is 1. The lowest BCUT2D eigenvalue weighted by atomic mass is 10.0. The molecule has 3 aromatic rings. The molecule has 3 aromatic carbocycles. The molecule has 0 saturated heterocycles. The van der Waals surface area contributed by atoms with Crippen molar-refractivity contribution >= 4 is 22.1 Å². The molecule has 3 nitrogen and oxygen atoms in total. The Kier molecular flexibility index (Phi) is 2.33. The molecule has 0 aromatic heterocycles. The molecule has 0 amide bonds. The van der Waals surface area contributed by atoms with Crippen molar-refractivity contribution in [1.29, 1.82) is 0 Å². The molecule has 98 valence electrons. The van der Waals surface area contributed by atoms with E-state index in [1.165, 1.54) is 10.8 Å². The van der Waals surface area contributed by atoms with Crippen molar-refractivity contribution in [3.8, 4) is 5.75 Å². The van der Waals surface area contributed by atoms with Crippen LogP contribution in [0.4, 0.5) is 11.4 Å². The van der Waals surface area contributed by atoms with Crippen LogP contribution in [-0.4, -0.2) is 5.11 Å². The summed E-state index contributed by atoms with van der Waals surface area (Å²) in [5.74, 6) is 0.281. The molecule has 0 unspecified atom stereocenters. The van der Waals surface area contributed by atoms with Gasteiger partial charge in [0.1, 0.15) is 11.9 Å². The number of anilines is 2. The minimum Gasteiger partial charge on any atom is -0.508 e. The summed E-state index contributed by atoms with van der Waals surface area (Å²) in [6.07, 6.45) is -0.0393. The number of phenols is 1. The quantitative estimate of drug-likeness (QED) is 0.619. The van der Waals surface area contributed by atoms with Gasteiger partial charge in [0, 0.05) is 16.8 Å². The van der Waals surface area contributed by atoms with E-state index in [9.17, 15) is 5.11 Å². The first-order chi connectivity index (χ1) is 9.81. The van der Waals surface area contributed by atoms with Gasteiger partial charge in [-0.3, -0.25) is 0 Å². The van der Waals surface area contributed by atoms with Crippen molar-refractivity contribution in [2.45, 2.75) is 6.17 Å². The van der Waals surface area contributed by atoms with E-state index in [1.54, 1.807) is 12.1 Å². The minimum absolute atomic E-state index is 0.0393. The predicted molar refractivity (Wildman–Crippen MR) is 82.0 cm³/mol. The normalized spacial score (nSPS) is 13.8. The maximum Gasteiger partial charge on any atom is 0.123 e. The standard InChI is InChI=1S/C17H14N2O/c20-13-7-1-6-12(10-13)17-18-14-8-2-4-11-5-3-9-15(19-17)16(11)14/h1-10,17-20H. The third kappa shape index (κ3) is 1.67. The van der Waals surface area contributed by atoms with Crippen LogP contribution in [0.2, 0.25) is 0 Å². The summed E-state index contributed by atoms with van der Waals surface area (Å²) >= 11 is 0. The third-order valence-electron chi connectivity index (χ3n) is 3.71. The molecule has 0 radical (unpaired) electrons. The van der Waals surface area contributed by atoms with Crippen LogP contribution in [0, 0.1) is 0 Å². The molecular weight excluding hydrogens is 248 g/mol. The van der Waals surface area contributed by atoms with Crippen LogP contribution in [0.25, 0.3) is 10.8 Å². The number of aromatic hydroxyl groups is 1. The fourth-order valence-corrected chi connectivity index (χ4v) is 2.80. The Balaban J connectivity index is 1.83. The average Bonchev–Trinajstić information content (AvgIpc) is 2.48. The molecule has 0 atom stereocenters. The van der Waals surface area contributed by atoms with Crippen molar-refractivity contribution in [1.82, 2.24) is 0 Å². The van der Waals surface area contributed by atoms with Gasteiger partial charge in [-0.1, -0.05) is 36.4 Å². The summed E-state index contributed by atoms with van der Waals surface area (Å²) in [6, 6.07) is 19.8. The first-order valence-electron chi connectivity index (χ1n) is 6.65. The molecule has 3 heteroatoms. The van der Waals surface area contributed by atoms with Crippen molar-refractivity contribution in [2.75, 3.05) is 10.6 Å². The lowest BCUT2D eigenvalue weighted by Crippen LogP contribution is -2.23. The SMILES string of the molecule is Oc1cccc(C2Nc3cccc4cccc(c34)N2)c1. The Hall–Kier alpha value is -2.68. The fourth-order valence-electron chi connectivity index (χ4n) is 2.80. The van der Waals surface area contributed by atoms with Gasteiger partial charge >= 0.3 is 0 Å². The zero-order chi connectivity index (χ0) is 13.5. The van der Waals surface area contributed by atoms with Gasteiger partial charge < -0.3 is 15.7 Å². The average molecular weight is 262 g/mol. The van der Waals surface area contributed by atoms with E-state index in [0.29, 0.717) is 0 Å². The van der Waals surface area contributed by atoms with Crippen LogP contribution in [0.15, 0.2) is 60.7 Å². The fraction of sp³-hybridized carbons (Fsp3) is 0.0588. The van der Waals surface area contributed by atoms with Gasteiger partial charge in [0.25, 0.3) is 0 Å². The van der Waals surface area contributed by atoms with Crippen LogP contribution in [0.3, 0.4) is 0 Å². The Labute approximate surface area is 116 Å². The van der Waals surface area contributed by atoms with Crippen LogP contribution in [0.5, 0.6) is 5.75 Å².